The summed E-state index contributed by atoms with van der Waals surface area (Å²) in [7, 11) is 0. The second-order valence-corrected chi connectivity index (χ2v) is 4.06. The highest BCUT2D eigenvalue weighted by atomic mass is 16.1. The molecule has 0 saturated carbocycles. The van der Waals surface area contributed by atoms with E-state index in [1.807, 2.05) is 0 Å². The third kappa shape index (κ3) is 4.58. The van der Waals surface area contributed by atoms with Gasteiger partial charge in [0.15, 0.2) is 5.78 Å². The number of rotatable bonds is 7. The van der Waals surface area contributed by atoms with Crippen LogP contribution in [-0.2, 0) is 17.6 Å². The number of carbonyl (C=O) groups is 1. The molecule has 2 heteroatoms. The van der Waals surface area contributed by atoms with Crippen LogP contribution < -0.4 is 5.32 Å². The van der Waals surface area contributed by atoms with Gasteiger partial charge in [0, 0.05) is 6.42 Å². The molecule has 0 unspecified atom stereocenters. The van der Waals surface area contributed by atoms with Crippen molar-refractivity contribution in [2.45, 2.75) is 33.1 Å². The fraction of sp³-hybridized carbons (Fsp3) is 0.500. The molecule has 0 spiro atoms. The van der Waals surface area contributed by atoms with Crippen molar-refractivity contribution >= 4 is 5.78 Å². The summed E-state index contributed by atoms with van der Waals surface area (Å²) in [6, 6.07) is 8.30. The van der Waals surface area contributed by atoms with E-state index in [2.05, 4.69) is 43.4 Å². The summed E-state index contributed by atoms with van der Waals surface area (Å²) in [4.78, 5) is 11.6. The smallest absolute Gasteiger partial charge is 0.150 e. The Morgan fingerprint density at radius 1 is 1.12 bits per heavy atom. The van der Waals surface area contributed by atoms with Gasteiger partial charge < -0.3 is 5.32 Å². The third-order valence-corrected chi connectivity index (χ3v) is 2.58. The first kappa shape index (κ1) is 12.9. The summed E-state index contributed by atoms with van der Waals surface area (Å²) < 4.78 is 0. The lowest BCUT2D eigenvalue weighted by atomic mass is 10.1. The summed E-state index contributed by atoms with van der Waals surface area (Å²) in [6.07, 6.45) is 2.66. The zero-order valence-electron chi connectivity index (χ0n) is 10.3. The van der Waals surface area contributed by atoms with Crippen LogP contribution in [0, 0.1) is 0 Å². The van der Waals surface area contributed by atoms with E-state index >= 15 is 0 Å². The highest BCUT2D eigenvalue weighted by Crippen LogP contribution is 2.05. The number of aryl methyl sites for hydroxylation is 1. The van der Waals surface area contributed by atoms with E-state index < -0.39 is 0 Å². The van der Waals surface area contributed by atoms with Gasteiger partial charge in [0.25, 0.3) is 0 Å². The van der Waals surface area contributed by atoms with Gasteiger partial charge in [-0.1, -0.05) is 38.1 Å². The van der Waals surface area contributed by atoms with E-state index in [0.717, 1.165) is 24.9 Å². The minimum Gasteiger partial charge on any atom is -0.310 e. The zero-order valence-corrected chi connectivity index (χ0v) is 10.3. The van der Waals surface area contributed by atoms with Crippen LogP contribution in [0.5, 0.6) is 0 Å². The van der Waals surface area contributed by atoms with Gasteiger partial charge in [-0.15, -0.1) is 0 Å². The molecule has 0 radical (unpaired) electrons. The Hall–Kier alpha value is -1.15. The number of nitrogens with one attached hydrogen (secondary N) is 1. The van der Waals surface area contributed by atoms with Crippen molar-refractivity contribution < 1.29 is 4.79 Å². The Labute approximate surface area is 98.1 Å². The van der Waals surface area contributed by atoms with Gasteiger partial charge in [0.1, 0.15) is 0 Å². The molecule has 0 aliphatic heterocycles. The molecule has 2 nitrogen and oxygen atoms in total. The number of benzene rings is 1. The van der Waals surface area contributed by atoms with Gasteiger partial charge in [0.2, 0.25) is 0 Å². The first-order valence-corrected chi connectivity index (χ1v) is 6.06. The van der Waals surface area contributed by atoms with Gasteiger partial charge in [-0.2, -0.15) is 0 Å². The third-order valence-electron chi connectivity index (χ3n) is 2.58. The van der Waals surface area contributed by atoms with E-state index in [1.165, 1.54) is 5.56 Å². The molecule has 16 heavy (non-hydrogen) atoms. The molecule has 0 saturated heterocycles. The monoisotopic (exact) mass is 219 g/mol. The molecule has 1 aromatic rings. The molecule has 88 valence electrons. The minimum absolute atomic E-state index is 0.262. The molecule has 0 aliphatic carbocycles. The van der Waals surface area contributed by atoms with E-state index in [4.69, 9.17) is 0 Å². The first-order valence-electron chi connectivity index (χ1n) is 6.06. The van der Waals surface area contributed by atoms with Crippen molar-refractivity contribution in [3.05, 3.63) is 35.4 Å². The van der Waals surface area contributed by atoms with Crippen molar-refractivity contribution in [2.24, 2.45) is 0 Å². The van der Waals surface area contributed by atoms with Gasteiger partial charge in [-0.05, 0) is 30.5 Å². The van der Waals surface area contributed by atoms with Crippen LogP contribution in [0.3, 0.4) is 0 Å². The van der Waals surface area contributed by atoms with Crippen molar-refractivity contribution in [3.8, 4) is 0 Å². The molecule has 0 amide bonds. The summed E-state index contributed by atoms with van der Waals surface area (Å²) >= 11 is 0. The van der Waals surface area contributed by atoms with Crippen LogP contribution in [0.4, 0.5) is 0 Å². The maximum absolute atomic E-state index is 11.6. The highest BCUT2D eigenvalue weighted by molar-refractivity contribution is 5.82. The topological polar surface area (TPSA) is 29.1 Å². The summed E-state index contributed by atoms with van der Waals surface area (Å²) in [5.41, 5.74) is 2.43. The lowest BCUT2D eigenvalue weighted by molar-refractivity contribution is -0.117. The number of hydrogen-bond donors (Lipinski definition) is 1. The average Bonchev–Trinajstić information content (AvgIpc) is 2.30. The quantitative estimate of drug-likeness (QED) is 0.713. The Morgan fingerprint density at radius 2 is 1.75 bits per heavy atom. The fourth-order valence-corrected chi connectivity index (χ4v) is 1.59. The summed E-state index contributed by atoms with van der Waals surface area (Å²) in [5.74, 6) is 0.262. The first-order chi connectivity index (χ1) is 7.76. The largest absolute Gasteiger partial charge is 0.310 e. The second kappa shape index (κ2) is 7.18. The molecule has 0 aromatic heterocycles. The van der Waals surface area contributed by atoms with Crippen LogP contribution in [0.15, 0.2) is 24.3 Å². The van der Waals surface area contributed by atoms with Crippen LogP contribution >= 0.6 is 0 Å². The molecule has 1 rings (SSSR count). The van der Waals surface area contributed by atoms with Crippen LogP contribution in [-0.4, -0.2) is 18.9 Å². The number of Topliss-reactive ketones (excluding diaryl/α,β-unsaturated/α-hetero) is 1. The average molecular weight is 219 g/mol. The maximum Gasteiger partial charge on any atom is 0.150 e. The van der Waals surface area contributed by atoms with Crippen molar-refractivity contribution in [1.29, 1.82) is 0 Å². The Kier molecular flexibility index (Phi) is 5.79. The van der Waals surface area contributed by atoms with Gasteiger partial charge >= 0.3 is 0 Å². The van der Waals surface area contributed by atoms with Gasteiger partial charge in [-0.25, -0.2) is 0 Å². The SMILES string of the molecule is CCCNCC(=O)Cc1ccc(CC)cc1. The molecule has 0 fully saturated rings. The molecule has 1 N–H and O–H groups in total. The fourth-order valence-electron chi connectivity index (χ4n) is 1.59. The van der Waals surface area contributed by atoms with E-state index in [0.29, 0.717) is 13.0 Å². The predicted octanol–water partition coefficient (Wildman–Crippen LogP) is 2.36. The maximum atomic E-state index is 11.6. The lowest BCUT2D eigenvalue weighted by Gasteiger charge is -2.03. The molecular formula is C14H21NO. The molecular weight excluding hydrogens is 198 g/mol. The molecule has 0 bridgehead atoms. The number of hydrogen-bond acceptors (Lipinski definition) is 2. The van der Waals surface area contributed by atoms with Crippen molar-refractivity contribution in [1.82, 2.24) is 5.32 Å². The zero-order chi connectivity index (χ0) is 11.8. The second-order valence-electron chi connectivity index (χ2n) is 4.06. The van der Waals surface area contributed by atoms with Crippen LogP contribution in [0.2, 0.25) is 0 Å². The van der Waals surface area contributed by atoms with E-state index in [-0.39, 0.29) is 5.78 Å². The van der Waals surface area contributed by atoms with E-state index in [1.54, 1.807) is 0 Å². The minimum atomic E-state index is 0.262. The van der Waals surface area contributed by atoms with Gasteiger partial charge in [0.05, 0.1) is 6.54 Å². The Bertz CT molecular complexity index is 316. The highest BCUT2D eigenvalue weighted by Gasteiger charge is 2.02. The number of ketones is 1. The van der Waals surface area contributed by atoms with E-state index in [9.17, 15) is 4.79 Å². The molecule has 0 atom stereocenters. The Balaban J connectivity index is 2.37. The molecule has 0 heterocycles. The molecule has 1 aromatic carbocycles. The summed E-state index contributed by atoms with van der Waals surface area (Å²) in [5, 5.41) is 3.13. The number of carbonyl (C=O) groups excluding carboxylic acids is 1. The van der Waals surface area contributed by atoms with Crippen molar-refractivity contribution in [2.75, 3.05) is 13.1 Å². The normalized spacial score (nSPS) is 10.4. The van der Waals surface area contributed by atoms with Crippen LogP contribution in [0.25, 0.3) is 0 Å². The van der Waals surface area contributed by atoms with Crippen molar-refractivity contribution in [3.63, 3.8) is 0 Å². The Morgan fingerprint density at radius 3 is 2.31 bits per heavy atom. The standard InChI is InChI=1S/C14H21NO/c1-3-9-15-11-14(16)10-13-7-5-12(4-2)6-8-13/h5-8,15H,3-4,9-11H2,1-2H3. The molecule has 0 aliphatic rings. The van der Waals surface area contributed by atoms with Crippen LogP contribution in [0.1, 0.15) is 31.4 Å². The lowest BCUT2D eigenvalue weighted by Crippen LogP contribution is -2.24. The predicted molar refractivity (Wildman–Crippen MR) is 67.7 cm³/mol. The van der Waals surface area contributed by atoms with Gasteiger partial charge in [-0.3, -0.25) is 4.79 Å². The summed E-state index contributed by atoms with van der Waals surface area (Å²) in [6.45, 7) is 5.64.